The van der Waals surface area contributed by atoms with Crippen molar-refractivity contribution in [2.45, 2.75) is 25.9 Å². The molecule has 1 aromatic carbocycles. The first-order chi connectivity index (χ1) is 10.8. The van der Waals surface area contributed by atoms with Gasteiger partial charge in [0.25, 0.3) is 10.0 Å². The molecular weight excluding hydrogens is 314 g/mol. The number of aromatic nitrogens is 2. The molecule has 0 spiro atoms. The molecule has 0 saturated heterocycles. The van der Waals surface area contributed by atoms with E-state index in [4.69, 9.17) is 4.42 Å². The second-order valence-electron chi connectivity index (χ2n) is 5.46. The highest BCUT2D eigenvalue weighted by Gasteiger charge is 2.20. The number of nitrogens with one attached hydrogen (secondary N) is 2. The van der Waals surface area contributed by atoms with Gasteiger partial charge in [-0.2, -0.15) is 13.5 Å². The summed E-state index contributed by atoms with van der Waals surface area (Å²) in [5.41, 5.74) is 4.05. The lowest BCUT2D eigenvalue weighted by Gasteiger charge is -2.08. The SMILES string of the molecule is Cc1cc(-c2ccc(S(=O)(=O)Nc3ccc(C)c(C)c3)o2)n[nH]1. The molecule has 23 heavy (non-hydrogen) atoms. The molecule has 6 nitrogen and oxygen atoms in total. The average molecular weight is 331 g/mol. The first-order valence-corrected chi connectivity index (χ1v) is 8.56. The molecule has 0 aliphatic carbocycles. The molecule has 0 radical (unpaired) electrons. The Morgan fingerprint density at radius 1 is 1.04 bits per heavy atom. The molecule has 0 aliphatic rings. The zero-order valence-corrected chi connectivity index (χ0v) is 13.9. The molecule has 0 aliphatic heterocycles. The fourth-order valence-electron chi connectivity index (χ4n) is 2.16. The van der Waals surface area contributed by atoms with Gasteiger partial charge in [-0.1, -0.05) is 6.07 Å². The van der Waals surface area contributed by atoms with Crippen molar-refractivity contribution in [1.29, 1.82) is 0 Å². The summed E-state index contributed by atoms with van der Waals surface area (Å²) in [5, 5.41) is 6.70. The van der Waals surface area contributed by atoms with E-state index >= 15 is 0 Å². The minimum atomic E-state index is -3.78. The lowest BCUT2D eigenvalue weighted by molar-refractivity contribution is 0.462. The van der Waals surface area contributed by atoms with Crippen LogP contribution in [0.5, 0.6) is 0 Å². The van der Waals surface area contributed by atoms with Crippen molar-refractivity contribution in [3.05, 3.63) is 53.2 Å². The highest BCUT2D eigenvalue weighted by molar-refractivity contribution is 7.92. The molecule has 7 heteroatoms. The molecule has 0 bridgehead atoms. The van der Waals surface area contributed by atoms with Gasteiger partial charge in [-0.3, -0.25) is 9.82 Å². The van der Waals surface area contributed by atoms with Crippen LogP contribution in [0.1, 0.15) is 16.8 Å². The van der Waals surface area contributed by atoms with Gasteiger partial charge in [0, 0.05) is 11.4 Å². The van der Waals surface area contributed by atoms with E-state index in [0.717, 1.165) is 16.8 Å². The molecule has 2 N–H and O–H groups in total. The fourth-order valence-corrected chi connectivity index (χ4v) is 3.14. The fraction of sp³-hybridized carbons (Fsp3) is 0.188. The normalized spacial score (nSPS) is 11.6. The molecule has 3 aromatic rings. The number of furan rings is 1. The number of aryl methyl sites for hydroxylation is 3. The second-order valence-corrected chi connectivity index (χ2v) is 7.07. The van der Waals surface area contributed by atoms with E-state index < -0.39 is 10.0 Å². The van der Waals surface area contributed by atoms with Crippen molar-refractivity contribution in [1.82, 2.24) is 10.2 Å². The van der Waals surface area contributed by atoms with E-state index in [1.807, 2.05) is 26.8 Å². The Kier molecular flexibility index (Phi) is 3.73. The Labute approximate surface area is 134 Å². The van der Waals surface area contributed by atoms with Gasteiger partial charge >= 0.3 is 0 Å². The van der Waals surface area contributed by atoms with Crippen molar-refractivity contribution >= 4 is 15.7 Å². The van der Waals surface area contributed by atoms with E-state index in [2.05, 4.69) is 14.9 Å². The zero-order valence-electron chi connectivity index (χ0n) is 13.0. The Hall–Kier alpha value is -2.54. The number of anilines is 1. The van der Waals surface area contributed by atoms with E-state index in [1.165, 1.54) is 6.07 Å². The Bertz CT molecular complexity index is 955. The number of aromatic amines is 1. The van der Waals surface area contributed by atoms with Gasteiger partial charge in [0.1, 0.15) is 5.69 Å². The summed E-state index contributed by atoms with van der Waals surface area (Å²) in [6, 6.07) is 10.2. The molecule has 3 rings (SSSR count). The molecule has 0 saturated carbocycles. The summed E-state index contributed by atoms with van der Waals surface area (Å²) in [5.74, 6) is 0.398. The van der Waals surface area contributed by atoms with E-state index in [0.29, 0.717) is 17.1 Å². The van der Waals surface area contributed by atoms with Crippen LogP contribution in [0.3, 0.4) is 0 Å². The highest BCUT2D eigenvalue weighted by atomic mass is 32.2. The summed E-state index contributed by atoms with van der Waals surface area (Å²) in [6.07, 6.45) is 0. The number of sulfonamides is 1. The number of H-pyrrole nitrogens is 1. The first-order valence-electron chi connectivity index (χ1n) is 7.07. The summed E-state index contributed by atoms with van der Waals surface area (Å²) >= 11 is 0. The van der Waals surface area contributed by atoms with Crippen LogP contribution in [-0.4, -0.2) is 18.6 Å². The number of benzene rings is 1. The number of hydrogen-bond acceptors (Lipinski definition) is 4. The minimum Gasteiger partial charge on any atom is -0.441 e. The van der Waals surface area contributed by atoms with Gasteiger partial charge < -0.3 is 4.42 Å². The quantitative estimate of drug-likeness (QED) is 0.767. The number of nitrogens with zero attached hydrogens (tertiary/aromatic N) is 1. The Morgan fingerprint density at radius 2 is 1.83 bits per heavy atom. The smallest absolute Gasteiger partial charge is 0.295 e. The van der Waals surface area contributed by atoms with Crippen molar-refractivity contribution in [2.24, 2.45) is 0 Å². The third-order valence-electron chi connectivity index (χ3n) is 3.56. The van der Waals surface area contributed by atoms with Gasteiger partial charge in [0.05, 0.1) is 0 Å². The summed E-state index contributed by atoms with van der Waals surface area (Å²) < 4.78 is 32.8. The van der Waals surface area contributed by atoms with Crippen LogP contribution in [0.2, 0.25) is 0 Å². The molecule has 120 valence electrons. The summed E-state index contributed by atoms with van der Waals surface area (Å²) in [7, 11) is -3.78. The van der Waals surface area contributed by atoms with Crippen LogP contribution in [0.25, 0.3) is 11.5 Å². The Balaban J connectivity index is 1.88. The lowest BCUT2D eigenvalue weighted by Crippen LogP contribution is -2.12. The van der Waals surface area contributed by atoms with E-state index in [9.17, 15) is 8.42 Å². The van der Waals surface area contributed by atoms with Gasteiger partial charge in [0.15, 0.2) is 5.76 Å². The standard InChI is InChI=1S/C16H17N3O3S/c1-10-4-5-13(8-11(10)2)19-23(20,21)16-7-6-15(22-16)14-9-12(3)17-18-14/h4-9,19H,1-3H3,(H,17,18). The average Bonchev–Trinajstić information content (AvgIpc) is 3.11. The Morgan fingerprint density at radius 3 is 2.48 bits per heavy atom. The highest BCUT2D eigenvalue weighted by Crippen LogP contribution is 2.25. The van der Waals surface area contributed by atoms with E-state index in [-0.39, 0.29) is 5.09 Å². The van der Waals surface area contributed by atoms with Gasteiger partial charge in [0.2, 0.25) is 5.09 Å². The zero-order chi connectivity index (χ0) is 16.6. The molecule has 2 aromatic heterocycles. The van der Waals surface area contributed by atoms with Crippen LogP contribution in [0.4, 0.5) is 5.69 Å². The predicted octanol–water partition coefficient (Wildman–Crippen LogP) is 3.40. The molecule has 2 heterocycles. The van der Waals surface area contributed by atoms with Crippen LogP contribution in [0.15, 0.2) is 45.9 Å². The van der Waals surface area contributed by atoms with E-state index in [1.54, 1.807) is 24.3 Å². The van der Waals surface area contributed by atoms with Crippen LogP contribution >= 0.6 is 0 Å². The largest absolute Gasteiger partial charge is 0.441 e. The maximum atomic E-state index is 12.4. The molecule has 0 fully saturated rings. The predicted molar refractivity (Wildman–Crippen MR) is 87.8 cm³/mol. The monoisotopic (exact) mass is 331 g/mol. The van der Waals surface area contributed by atoms with Crippen molar-refractivity contribution in [3.63, 3.8) is 0 Å². The van der Waals surface area contributed by atoms with Gasteiger partial charge in [-0.15, -0.1) is 0 Å². The van der Waals surface area contributed by atoms with Crippen LogP contribution in [0, 0.1) is 20.8 Å². The van der Waals surface area contributed by atoms with Crippen molar-refractivity contribution < 1.29 is 12.8 Å². The number of rotatable bonds is 4. The third kappa shape index (κ3) is 3.14. The molecule has 0 amide bonds. The van der Waals surface area contributed by atoms with Gasteiger partial charge in [-0.05, 0) is 62.2 Å². The third-order valence-corrected chi connectivity index (χ3v) is 4.82. The number of hydrogen-bond donors (Lipinski definition) is 2. The second kappa shape index (κ2) is 5.58. The maximum absolute atomic E-state index is 12.4. The summed E-state index contributed by atoms with van der Waals surface area (Å²) in [4.78, 5) is 0. The van der Waals surface area contributed by atoms with Crippen molar-refractivity contribution in [3.8, 4) is 11.5 Å². The van der Waals surface area contributed by atoms with Crippen LogP contribution in [-0.2, 0) is 10.0 Å². The van der Waals surface area contributed by atoms with Crippen LogP contribution < -0.4 is 4.72 Å². The topological polar surface area (TPSA) is 88.0 Å². The lowest BCUT2D eigenvalue weighted by atomic mass is 10.1. The maximum Gasteiger partial charge on any atom is 0.295 e. The molecule has 0 atom stereocenters. The minimum absolute atomic E-state index is 0.147. The molecular formula is C16H17N3O3S. The first kappa shape index (κ1) is 15.4. The van der Waals surface area contributed by atoms with Crippen molar-refractivity contribution in [2.75, 3.05) is 4.72 Å². The molecule has 0 unspecified atom stereocenters. The summed E-state index contributed by atoms with van der Waals surface area (Å²) in [6.45, 7) is 5.76. The van der Waals surface area contributed by atoms with Gasteiger partial charge in [-0.25, -0.2) is 0 Å².